The van der Waals surface area contributed by atoms with E-state index >= 15 is 0 Å². The summed E-state index contributed by atoms with van der Waals surface area (Å²) in [6.45, 7) is 6.51. The Labute approximate surface area is 212 Å². The number of nitrogens with one attached hydrogen (secondary N) is 1. The van der Waals surface area contributed by atoms with Crippen molar-refractivity contribution in [2.45, 2.75) is 57.4 Å². The average Bonchev–Trinajstić information content (AvgIpc) is 3.15. The Bertz CT molecular complexity index is 1010. The molecule has 1 N–H and O–H groups in total. The molecule has 4 aliphatic rings. The van der Waals surface area contributed by atoms with Crippen molar-refractivity contribution in [1.82, 2.24) is 20.0 Å². The van der Waals surface area contributed by atoms with Crippen LogP contribution in [0.5, 0.6) is 5.75 Å². The zero-order valence-corrected chi connectivity index (χ0v) is 20.9. The fourth-order valence-corrected chi connectivity index (χ4v) is 5.97. The van der Waals surface area contributed by atoms with Crippen molar-refractivity contribution in [2.75, 3.05) is 45.9 Å². The highest BCUT2D eigenvalue weighted by atomic mass is 16.5. The predicted molar refractivity (Wildman–Crippen MR) is 133 cm³/mol. The van der Waals surface area contributed by atoms with Crippen LogP contribution >= 0.6 is 0 Å². The van der Waals surface area contributed by atoms with Gasteiger partial charge in [-0.15, -0.1) is 0 Å². The van der Waals surface area contributed by atoms with Crippen LogP contribution in [0.3, 0.4) is 0 Å². The minimum Gasteiger partial charge on any atom is -0.491 e. The number of nitrogens with zero attached hydrogens (tertiary/aromatic N) is 3. The molecule has 2 saturated heterocycles. The second-order valence-corrected chi connectivity index (χ2v) is 10.5. The van der Waals surface area contributed by atoms with Gasteiger partial charge in [0.05, 0.1) is 11.1 Å². The Balaban J connectivity index is 1.11. The van der Waals surface area contributed by atoms with Crippen LogP contribution in [-0.2, 0) is 9.59 Å². The predicted octanol–water partition coefficient (Wildman–Crippen LogP) is 2.05. The molecule has 9 nitrogen and oxygen atoms in total. The summed E-state index contributed by atoms with van der Waals surface area (Å²) in [6, 6.07) is 4.00. The molecule has 0 bridgehead atoms. The molecule has 0 radical (unpaired) electrons. The highest BCUT2D eigenvalue weighted by Gasteiger charge is 2.46. The van der Waals surface area contributed by atoms with Crippen LogP contribution in [-0.4, -0.2) is 90.2 Å². The molecule has 1 aromatic carbocycles. The first kappa shape index (κ1) is 24.9. The van der Waals surface area contributed by atoms with Gasteiger partial charge >= 0.3 is 0 Å². The third-order valence-corrected chi connectivity index (χ3v) is 8.14. The molecule has 1 aliphatic carbocycles. The van der Waals surface area contributed by atoms with Crippen molar-refractivity contribution in [3.8, 4) is 5.75 Å². The quantitative estimate of drug-likeness (QED) is 0.550. The van der Waals surface area contributed by atoms with E-state index < -0.39 is 23.8 Å². The van der Waals surface area contributed by atoms with Crippen LogP contribution in [0, 0.1) is 5.92 Å². The Morgan fingerprint density at radius 3 is 2.31 bits per heavy atom. The molecule has 1 unspecified atom stereocenters. The van der Waals surface area contributed by atoms with Crippen molar-refractivity contribution < 1.29 is 23.9 Å². The number of rotatable bonds is 8. The van der Waals surface area contributed by atoms with Crippen LogP contribution < -0.4 is 10.1 Å². The molecule has 194 valence electrons. The largest absolute Gasteiger partial charge is 0.491 e. The minimum atomic E-state index is -0.975. The van der Waals surface area contributed by atoms with Crippen molar-refractivity contribution in [1.29, 1.82) is 0 Å². The summed E-state index contributed by atoms with van der Waals surface area (Å²) in [6.07, 6.45) is 8.58. The lowest BCUT2D eigenvalue weighted by Gasteiger charge is -2.35. The monoisotopic (exact) mass is 496 g/mol. The number of benzene rings is 1. The number of hydrogen-bond donors (Lipinski definition) is 1. The van der Waals surface area contributed by atoms with Gasteiger partial charge in [-0.05, 0) is 37.4 Å². The second-order valence-electron chi connectivity index (χ2n) is 10.5. The van der Waals surface area contributed by atoms with Gasteiger partial charge in [-0.25, -0.2) is 0 Å². The molecule has 1 saturated carbocycles. The van der Waals surface area contributed by atoms with E-state index in [0.717, 1.165) is 43.5 Å². The van der Waals surface area contributed by atoms with Gasteiger partial charge in [-0.3, -0.25) is 34.3 Å². The Kier molecular flexibility index (Phi) is 7.67. The first-order valence-electron chi connectivity index (χ1n) is 13.4. The van der Waals surface area contributed by atoms with E-state index in [0.29, 0.717) is 12.4 Å². The summed E-state index contributed by atoms with van der Waals surface area (Å²) < 4.78 is 5.99. The van der Waals surface area contributed by atoms with Crippen molar-refractivity contribution in [3.05, 3.63) is 29.3 Å². The molecule has 3 fully saturated rings. The maximum Gasteiger partial charge on any atom is 0.266 e. The number of hydrogen-bond acceptors (Lipinski definition) is 7. The van der Waals surface area contributed by atoms with Crippen molar-refractivity contribution in [2.24, 2.45) is 5.92 Å². The van der Waals surface area contributed by atoms with E-state index in [1.165, 1.54) is 45.1 Å². The fourth-order valence-electron chi connectivity index (χ4n) is 5.97. The summed E-state index contributed by atoms with van der Waals surface area (Å²) in [4.78, 5) is 55.8. The summed E-state index contributed by atoms with van der Waals surface area (Å²) in [7, 11) is 0. The number of carbonyl (C=O) groups excluding carboxylic acids is 4. The molecular formula is C27H36N4O5. The summed E-state index contributed by atoms with van der Waals surface area (Å²) in [5.41, 5.74) is 0.452. The van der Waals surface area contributed by atoms with Gasteiger partial charge in [0.15, 0.2) is 0 Å². The number of fused-ring (bicyclic) bond motifs is 1. The molecule has 0 spiro atoms. The first-order chi connectivity index (χ1) is 17.5. The lowest BCUT2D eigenvalue weighted by atomic mass is 9.87. The van der Waals surface area contributed by atoms with Gasteiger partial charge in [-0.1, -0.05) is 38.2 Å². The van der Waals surface area contributed by atoms with E-state index in [2.05, 4.69) is 15.1 Å². The number of piperazine rings is 1. The number of piperidine rings is 1. The third kappa shape index (κ3) is 5.32. The van der Waals surface area contributed by atoms with Crippen LogP contribution in [0.15, 0.2) is 18.2 Å². The molecule has 5 rings (SSSR count). The molecule has 1 atom stereocenters. The summed E-state index contributed by atoms with van der Waals surface area (Å²) in [5.74, 6) is -0.765. The standard InChI is InChI=1S/C27H36N4O5/c32-23-10-9-21(25(33)28-23)31-26(34)20-7-4-8-22(24(20)27(31)35)36-18-17-30-15-13-29(14-16-30)12-11-19-5-2-1-3-6-19/h4,7-8,19,21H,1-3,5-6,9-18H2,(H,28,32,33). The molecule has 9 heteroatoms. The maximum atomic E-state index is 13.2. The Morgan fingerprint density at radius 2 is 1.58 bits per heavy atom. The van der Waals surface area contributed by atoms with Crippen LogP contribution in [0.2, 0.25) is 0 Å². The number of imide groups is 2. The zero-order chi connectivity index (χ0) is 25.1. The van der Waals surface area contributed by atoms with E-state index in [1.54, 1.807) is 18.2 Å². The van der Waals surface area contributed by atoms with E-state index in [-0.39, 0.29) is 29.9 Å². The van der Waals surface area contributed by atoms with E-state index in [1.807, 2.05) is 0 Å². The molecular weight excluding hydrogens is 460 g/mol. The first-order valence-corrected chi connectivity index (χ1v) is 13.4. The molecule has 3 aliphatic heterocycles. The number of ether oxygens (including phenoxy) is 1. The van der Waals surface area contributed by atoms with E-state index in [9.17, 15) is 19.2 Å². The van der Waals surface area contributed by atoms with Gasteiger partial charge in [0.2, 0.25) is 11.8 Å². The van der Waals surface area contributed by atoms with Gasteiger partial charge in [0.1, 0.15) is 18.4 Å². The lowest BCUT2D eigenvalue weighted by molar-refractivity contribution is -0.136. The fraction of sp³-hybridized carbons (Fsp3) is 0.630. The molecule has 4 amide bonds. The van der Waals surface area contributed by atoms with Gasteiger partial charge in [0, 0.05) is 39.1 Å². The Hall–Kier alpha value is -2.78. The third-order valence-electron chi connectivity index (χ3n) is 8.14. The van der Waals surface area contributed by atoms with Crippen molar-refractivity contribution in [3.63, 3.8) is 0 Å². The molecule has 0 aromatic heterocycles. The topological polar surface area (TPSA) is 99.3 Å². The van der Waals surface area contributed by atoms with Gasteiger partial charge < -0.3 is 9.64 Å². The lowest BCUT2D eigenvalue weighted by Crippen LogP contribution is -2.54. The maximum absolute atomic E-state index is 13.2. The van der Waals surface area contributed by atoms with Gasteiger partial charge in [0.25, 0.3) is 11.8 Å². The zero-order valence-electron chi connectivity index (χ0n) is 20.9. The normalized spacial score (nSPS) is 24.2. The average molecular weight is 497 g/mol. The summed E-state index contributed by atoms with van der Waals surface area (Å²) >= 11 is 0. The minimum absolute atomic E-state index is 0.0982. The summed E-state index contributed by atoms with van der Waals surface area (Å²) in [5, 5.41) is 2.22. The number of carbonyl (C=O) groups is 4. The van der Waals surface area contributed by atoms with Crippen LogP contribution in [0.25, 0.3) is 0 Å². The second kappa shape index (κ2) is 11.1. The number of amides is 4. The van der Waals surface area contributed by atoms with E-state index in [4.69, 9.17) is 4.74 Å². The molecule has 1 aromatic rings. The van der Waals surface area contributed by atoms with Crippen LogP contribution in [0.1, 0.15) is 72.1 Å². The molecule has 36 heavy (non-hydrogen) atoms. The highest BCUT2D eigenvalue weighted by molar-refractivity contribution is 6.24. The SMILES string of the molecule is O=C1CCC(N2C(=O)c3cccc(OCCN4CCN(CCC5CCCCC5)CC4)c3C2=O)C(=O)N1. The highest BCUT2D eigenvalue weighted by Crippen LogP contribution is 2.33. The molecule has 3 heterocycles. The van der Waals surface area contributed by atoms with Crippen molar-refractivity contribution >= 4 is 23.6 Å². The van der Waals surface area contributed by atoms with Crippen LogP contribution in [0.4, 0.5) is 0 Å². The smallest absolute Gasteiger partial charge is 0.266 e. The van der Waals surface area contributed by atoms with Gasteiger partial charge in [-0.2, -0.15) is 0 Å². The Morgan fingerprint density at radius 1 is 0.861 bits per heavy atom.